The predicted molar refractivity (Wildman–Crippen MR) is 122 cm³/mol. The lowest BCUT2D eigenvalue weighted by molar-refractivity contribution is -0.119. The second-order valence-electron chi connectivity index (χ2n) is 7.93. The number of rotatable bonds is 4. The Labute approximate surface area is 190 Å². The molecular formula is C24H22ClN3O4. The number of aromatic hydroxyl groups is 1. The molecule has 0 aliphatic carbocycles. The van der Waals surface area contributed by atoms with Gasteiger partial charge in [0, 0.05) is 42.2 Å². The number of halogens is 1. The van der Waals surface area contributed by atoms with Gasteiger partial charge in [0.25, 0.3) is 0 Å². The van der Waals surface area contributed by atoms with E-state index < -0.39 is 0 Å². The summed E-state index contributed by atoms with van der Waals surface area (Å²) in [5.74, 6) is 2.19. The number of hydrogen-bond donors (Lipinski definition) is 2. The Hall–Kier alpha value is -3.45. The number of para-hydroxylation sites is 1. The monoisotopic (exact) mass is 451 g/mol. The Balaban J connectivity index is 1.61. The average Bonchev–Trinajstić information content (AvgIpc) is 3.44. The van der Waals surface area contributed by atoms with E-state index >= 15 is 0 Å². The summed E-state index contributed by atoms with van der Waals surface area (Å²) >= 11 is 6.21. The van der Waals surface area contributed by atoms with Gasteiger partial charge in [-0.1, -0.05) is 23.7 Å². The molecule has 1 fully saturated rings. The third-order valence-electron chi connectivity index (χ3n) is 5.67. The van der Waals surface area contributed by atoms with E-state index in [2.05, 4.69) is 10.2 Å². The fourth-order valence-electron chi connectivity index (χ4n) is 4.22. The summed E-state index contributed by atoms with van der Waals surface area (Å²) in [4.78, 5) is 18.5. The molecule has 3 heterocycles. The number of carbonyl (C=O) groups is 1. The molecule has 2 aliphatic rings. The third-order valence-corrected chi connectivity index (χ3v) is 5.91. The van der Waals surface area contributed by atoms with E-state index in [4.69, 9.17) is 26.1 Å². The van der Waals surface area contributed by atoms with Crippen molar-refractivity contribution in [1.29, 1.82) is 0 Å². The van der Waals surface area contributed by atoms with Crippen molar-refractivity contribution in [2.45, 2.75) is 19.4 Å². The van der Waals surface area contributed by atoms with Gasteiger partial charge in [0.2, 0.25) is 12.7 Å². The minimum absolute atomic E-state index is 0.0416. The molecule has 1 atom stereocenters. The Bertz CT molecular complexity index is 1200. The highest BCUT2D eigenvalue weighted by atomic mass is 35.5. The van der Waals surface area contributed by atoms with Gasteiger partial charge in [0.1, 0.15) is 11.6 Å². The van der Waals surface area contributed by atoms with E-state index in [0.717, 1.165) is 29.9 Å². The molecule has 5 rings (SSSR count). The largest absolute Gasteiger partial charge is 0.507 e. The number of amides is 1. The lowest BCUT2D eigenvalue weighted by atomic mass is 10.0. The summed E-state index contributed by atoms with van der Waals surface area (Å²) in [6.45, 7) is 3.12. The molecule has 3 aromatic rings. The molecule has 1 aromatic heterocycles. The quantitative estimate of drug-likeness (QED) is 0.618. The van der Waals surface area contributed by atoms with Crippen LogP contribution in [0.4, 0.5) is 5.82 Å². The van der Waals surface area contributed by atoms with E-state index in [1.807, 2.05) is 30.3 Å². The van der Waals surface area contributed by atoms with Gasteiger partial charge in [0.15, 0.2) is 11.5 Å². The zero-order valence-electron chi connectivity index (χ0n) is 17.5. The third kappa shape index (κ3) is 3.91. The van der Waals surface area contributed by atoms with Crippen LogP contribution in [0.1, 0.15) is 13.3 Å². The molecule has 0 bridgehead atoms. The van der Waals surface area contributed by atoms with Crippen LogP contribution in [0.25, 0.3) is 22.4 Å². The first-order chi connectivity index (χ1) is 15.5. The molecule has 0 saturated carbocycles. The molecule has 2 aromatic carbocycles. The van der Waals surface area contributed by atoms with Crippen LogP contribution in [-0.4, -0.2) is 41.9 Å². The van der Waals surface area contributed by atoms with Crippen LogP contribution in [0, 0.1) is 0 Å². The van der Waals surface area contributed by atoms with Gasteiger partial charge in [-0.25, -0.2) is 4.98 Å². The molecule has 7 nitrogen and oxygen atoms in total. The minimum atomic E-state index is -0.0416. The molecular weight excluding hydrogens is 430 g/mol. The number of nitrogens with one attached hydrogen (secondary N) is 1. The van der Waals surface area contributed by atoms with E-state index in [1.165, 1.54) is 6.92 Å². The minimum Gasteiger partial charge on any atom is -0.507 e. The van der Waals surface area contributed by atoms with E-state index in [0.29, 0.717) is 34.3 Å². The number of hydrogen-bond acceptors (Lipinski definition) is 6. The molecule has 1 saturated heterocycles. The maximum atomic E-state index is 11.5. The first-order valence-corrected chi connectivity index (χ1v) is 10.8. The zero-order valence-corrected chi connectivity index (χ0v) is 18.2. The number of fused-ring (bicyclic) bond motifs is 1. The Kier molecular flexibility index (Phi) is 5.27. The standard InChI is InChI=1S/C24H22ClN3O4/c1-14(29)26-17-7-8-28(12-17)23-10-15(18-3-2-4-22-24(18)32-13-31-22)9-20(27-23)19-11-16(25)5-6-21(19)30/h2-6,9-11,17,30H,7-8,12-13H2,1H3,(H,26,29). The number of ether oxygens (including phenoxy) is 2. The highest BCUT2D eigenvalue weighted by Gasteiger charge is 2.26. The van der Waals surface area contributed by atoms with Crippen LogP contribution >= 0.6 is 11.6 Å². The number of phenolic OH excluding ortho intramolecular Hbond substituents is 1. The van der Waals surface area contributed by atoms with Gasteiger partial charge in [-0.15, -0.1) is 0 Å². The van der Waals surface area contributed by atoms with E-state index in [9.17, 15) is 9.90 Å². The molecule has 164 valence electrons. The van der Waals surface area contributed by atoms with Gasteiger partial charge < -0.3 is 24.8 Å². The zero-order chi connectivity index (χ0) is 22.2. The van der Waals surface area contributed by atoms with Crippen molar-refractivity contribution < 1.29 is 19.4 Å². The van der Waals surface area contributed by atoms with Crippen molar-refractivity contribution in [3.8, 4) is 39.6 Å². The molecule has 2 N–H and O–H groups in total. The smallest absolute Gasteiger partial charge is 0.231 e. The van der Waals surface area contributed by atoms with Gasteiger partial charge in [-0.2, -0.15) is 0 Å². The summed E-state index contributed by atoms with van der Waals surface area (Å²) in [5.41, 5.74) is 2.90. The maximum absolute atomic E-state index is 11.5. The van der Waals surface area contributed by atoms with Gasteiger partial charge in [-0.05, 0) is 48.4 Å². The Morgan fingerprint density at radius 1 is 1.19 bits per heavy atom. The number of carbonyl (C=O) groups excluding carboxylic acids is 1. The molecule has 2 aliphatic heterocycles. The topological polar surface area (TPSA) is 83.9 Å². The lowest BCUT2D eigenvalue weighted by Gasteiger charge is -2.20. The number of benzene rings is 2. The first kappa shape index (κ1) is 20.5. The van der Waals surface area contributed by atoms with Crippen LogP contribution in [0.3, 0.4) is 0 Å². The Morgan fingerprint density at radius 3 is 2.91 bits per heavy atom. The normalized spacial score (nSPS) is 16.9. The summed E-state index contributed by atoms with van der Waals surface area (Å²) in [7, 11) is 0. The number of nitrogens with zero attached hydrogens (tertiary/aromatic N) is 2. The van der Waals surface area contributed by atoms with Crippen molar-refractivity contribution in [1.82, 2.24) is 10.3 Å². The first-order valence-electron chi connectivity index (χ1n) is 10.4. The van der Waals surface area contributed by atoms with Crippen molar-refractivity contribution >= 4 is 23.3 Å². The molecule has 0 radical (unpaired) electrons. The lowest BCUT2D eigenvalue weighted by Crippen LogP contribution is -2.35. The highest BCUT2D eigenvalue weighted by molar-refractivity contribution is 6.31. The summed E-state index contributed by atoms with van der Waals surface area (Å²) < 4.78 is 11.3. The van der Waals surface area contributed by atoms with Gasteiger partial charge in [0.05, 0.1) is 5.69 Å². The summed E-state index contributed by atoms with van der Waals surface area (Å²) in [6.07, 6.45) is 0.834. The second kappa shape index (κ2) is 8.24. The van der Waals surface area contributed by atoms with Gasteiger partial charge in [-0.3, -0.25) is 4.79 Å². The molecule has 1 unspecified atom stereocenters. The number of aromatic nitrogens is 1. The van der Waals surface area contributed by atoms with Crippen molar-refractivity contribution in [3.05, 3.63) is 53.6 Å². The van der Waals surface area contributed by atoms with Crippen LogP contribution in [0.15, 0.2) is 48.5 Å². The van der Waals surface area contributed by atoms with Crippen molar-refractivity contribution in [3.63, 3.8) is 0 Å². The number of anilines is 1. The predicted octanol–water partition coefficient (Wildman–Crippen LogP) is 4.22. The van der Waals surface area contributed by atoms with E-state index in [-0.39, 0.29) is 24.5 Å². The summed E-state index contributed by atoms with van der Waals surface area (Å²) in [5, 5.41) is 14.0. The Morgan fingerprint density at radius 2 is 2.06 bits per heavy atom. The number of phenols is 1. The highest BCUT2D eigenvalue weighted by Crippen LogP contribution is 2.43. The average molecular weight is 452 g/mol. The van der Waals surface area contributed by atoms with Crippen molar-refractivity contribution in [2.24, 2.45) is 0 Å². The van der Waals surface area contributed by atoms with Crippen LogP contribution in [0.5, 0.6) is 17.2 Å². The fourth-order valence-corrected chi connectivity index (χ4v) is 4.39. The number of pyridine rings is 1. The SMILES string of the molecule is CC(=O)NC1CCN(c2cc(-c3cccc4c3OCO4)cc(-c3cc(Cl)ccc3O)n2)C1. The maximum Gasteiger partial charge on any atom is 0.231 e. The summed E-state index contributed by atoms with van der Waals surface area (Å²) in [6, 6.07) is 14.6. The molecule has 8 heteroatoms. The van der Waals surface area contributed by atoms with Gasteiger partial charge >= 0.3 is 0 Å². The molecule has 0 spiro atoms. The fraction of sp³-hybridized carbons (Fsp3) is 0.250. The molecule has 32 heavy (non-hydrogen) atoms. The van der Waals surface area contributed by atoms with E-state index in [1.54, 1.807) is 18.2 Å². The van der Waals surface area contributed by atoms with Crippen LogP contribution in [0.2, 0.25) is 5.02 Å². The second-order valence-corrected chi connectivity index (χ2v) is 8.37. The van der Waals surface area contributed by atoms with Crippen LogP contribution in [-0.2, 0) is 4.79 Å². The van der Waals surface area contributed by atoms with Crippen molar-refractivity contribution in [2.75, 3.05) is 24.8 Å². The molecule has 1 amide bonds. The van der Waals surface area contributed by atoms with Crippen LogP contribution < -0.4 is 19.7 Å².